The van der Waals surface area contributed by atoms with Gasteiger partial charge in [-0.05, 0) is 19.4 Å². The summed E-state index contributed by atoms with van der Waals surface area (Å²) in [5.74, 6) is 0.136. The van der Waals surface area contributed by atoms with Crippen molar-refractivity contribution in [2.45, 2.75) is 25.0 Å². The highest BCUT2D eigenvalue weighted by atomic mass is 16.5. The summed E-state index contributed by atoms with van der Waals surface area (Å²) in [7, 11) is 0. The molecule has 0 spiro atoms. The molecule has 0 aromatic carbocycles. The summed E-state index contributed by atoms with van der Waals surface area (Å²) in [5, 5.41) is 18.5. The Labute approximate surface area is 84.1 Å². The van der Waals surface area contributed by atoms with Crippen LogP contribution in [0.5, 0.6) is 0 Å². The van der Waals surface area contributed by atoms with E-state index in [0.29, 0.717) is 13.2 Å². The number of hydrogen-bond acceptors (Lipinski definition) is 4. The number of rotatable bonds is 1. The van der Waals surface area contributed by atoms with Crippen LogP contribution in [0, 0.1) is 17.2 Å². The molecule has 2 aliphatic heterocycles. The fourth-order valence-corrected chi connectivity index (χ4v) is 2.29. The molecule has 4 nitrogen and oxygen atoms in total. The number of nitriles is 1. The predicted octanol–water partition coefficient (Wildman–Crippen LogP) is -0.0183. The van der Waals surface area contributed by atoms with E-state index in [4.69, 9.17) is 10.00 Å². The second-order valence-corrected chi connectivity index (χ2v) is 4.14. The van der Waals surface area contributed by atoms with E-state index >= 15 is 0 Å². The summed E-state index contributed by atoms with van der Waals surface area (Å²) in [5.41, 5.74) is 0. The first-order valence-electron chi connectivity index (χ1n) is 5.20. The molecular formula is C10H16N2O2. The summed E-state index contributed by atoms with van der Waals surface area (Å²) >= 11 is 0. The van der Waals surface area contributed by atoms with Gasteiger partial charge in [0, 0.05) is 6.54 Å². The van der Waals surface area contributed by atoms with Crippen LogP contribution >= 0.6 is 0 Å². The van der Waals surface area contributed by atoms with Crippen LogP contribution in [0.15, 0.2) is 0 Å². The van der Waals surface area contributed by atoms with Gasteiger partial charge in [-0.3, -0.25) is 4.90 Å². The minimum atomic E-state index is -0.368. The molecule has 2 heterocycles. The SMILES string of the molecule is N#CC1CCCN(C2COCC2O)C1. The first-order valence-corrected chi connectivity index (χ1v) is 5.20. The monoisotopic (exact) mass is 196 g/mol. The van der Waals surface area contributed by atoms with Gasteiger partial charge in [0.05, 0.1) is 37.3 Å². The van der Waals surface area contributed by atoms with Crippen LogP contribution in [0.2, 0.25) is 0 Å². The molecule has 3 atom stereocenters. The molecule has 2 saturated heterocycles. The van der Waals surface area contributed by atoms with Crippen LogP contribution < -0.4 is 0 Å². The molecule has 14 heavy (non-hydrogen) atoms. The van der Waals surface area contributed by atoms with Crippen LogP contribution in [0.3, 0.4) is 0 Å². The van der Waals surface area contributed by atoms with Crippen molar-refractivity contribution in [3.63, 3.8) is 0 Å². The van der Waals surface area contributed by atoms with Crippen molar-refractivity contribution in [1.82, 2.24) is 4.90 Å². The lowest BCUT2D eigenvalue weighted by molar-refractivity contribution is 0.0615. The molecule has 2 rings (SSSR count). The van der Waals surface area contributed by atoms with Gasteiger partial charge in [0.2, 0.25) is 0 Å². The molecule has 0 radical (unpaired) electrons. The van der Waals surface area contributed by atoms with Crippen molar-refractivity contribution in [1.29, 1.82) is 5.26 Å². The number of ether oxygens (including phenoxy) is 1. The Hall–Kier alpha value is -0.630. The molecule has 0 bridgehead atoms. The van der Waals surface area contributed by atoms with E-state index in [1.807, 2.05) is 0 Å². The maximum Gasteiger partial charge on any atom is 0.0950 e. The Morgan fingerprint density at radius 2 is 2.29 bits per heavy atom. The summed E-state index contributed by atoms with van der Waals surface area (Å²) in [6, 6.07) is 2.42. The average Bonchev–Trinajstić information content (AvgIpc) is 2.65. The zero-order valence-electron chi connectivity index (χ0n) is 8.22. The van der Waals surface area contributed by atoms with E-state index in [-0.39, 0.29) is 18.1 Å². The van der Waals surface area contributed by atoms with Crippen LogP contribution in [0.4, 0.5) is 0 Å². The summed E-state index contributed by atoms with van der Waals surface area (Å²) in [6.45, 7) is 2.84. The van der Waals surface area contributed by atoms with Gasteiger partial charge in [-0.25, -0.2) is 0 Å². The Kier molecular flexibility index (Phi) is 3.02. The van der Waals surface area contributed by atoms with Crippen molar-refractivity contribution in [2.24, 2.45) is 5.92 Å². The third-order valence-electron chi connectivity index (χ3n) is 3.13. The zero-order chi connectivity index (χ0) is 9.97. The Morgan fingerprint density at radius 1 is 1.43 bits per heavy atom. The molecule has 0 amide bonds. The number of aliphatic hydroxyl groups is 1. The first-order chi connectivity index (χ1) is 6.81. The standard InChI is InChI=1S/C10H16N2O2/c11-4-8-2-1-3-12(5-8)9-6-14-7-10(9)13/h8-10,13H,1-3,5-7H2. The van der Waals surface area contributed by atoms with E-state index in [9.17, 15) is 5.11 Å². The average molecular weight is 196 g/mol. The lowest BCUT2D eigenvalue weighted by atomic mass is 9.97. The van der Waals surface area contributed by atoms with Crippen molar-refractivity contribution in [3.05, 3.63) is 0 Å². The highest BCUT2D eigenvalue weighted by Gasteiger charge is 2.34. The highest BCUT2D eigenvalue weighted by Crippen LogP contribution is 2.21. The van der Waals surface area contributed by atoms with Gasteiger partial charge < -0.3 is 9.84 Å². The van der Waals surface area contributed by atoms with Crippen molar-refractivity contribution in [2.75, 3.05) is 26.3 Å². The number of aliphatic hydroxyl groups excluding tert-OH is 1. The Bertz CT molecular complexity index is 239. The molecule has 0 aromatic heterocycles. The van der Waals surface area contributed by atoms with Gasteiger partial charge in [-0.2, -0.15) is 5.26 Å². The van der Waals surface area contributed by atoms with Crippen LogP contribution in [-0.4, -0.2) is 48.5 Å². The molecule has 2 fully saturated rings. The first kappa shape index (κ1) is 9.91. The normalized spacial score (nSPS) is 39.6. The summed E-state index contributed by atoms with van der Waals surface area (Å²) in [4.78, 5) is 2.20. The molecule has 2 aliphatic rings. The highest BCUT2D eigenvalue weighted by molar-refractivity contribution is 4.93. The van der Waals surface area contributed by atoms with Gasteiger partial charge in [0.1, 0.15) is 0 Å². The van der Waals surface area contributed by atoms with Crippen molar-refractivity contribution in [3.8, 4) is 6.07 Å². The smallest absolute Gasteiger partial charge is 0.0950 e. The molecule has 0 aliphatic carbocycles. The lowest BCUT2D eigenvalue weighted by Crippen LogP contribution is -2.47. The second-order valence-electron chi connectivity index (χ2n) is 4.14. The summed E-state index contributed by atoms with van der Waals surface area (Å²) < 4.78 is 5.22. The van der Waals surface area contributed by atoms with E-state index in [0.717, 1.165) is 25.9 Å². The number of hydrogen-bond donors (Lipinski definition) is 1. The predicted molar refractivity (Wildman–Crippen MR) is 50.5 cm³/mol. The molecule has 0 saturated carbocycles. The number of nitrogens with zero attached hydrogens (tertiary/aromatic N) is 2. The zero-order valence-corrected chi connectivity index (χ0v) is 8.22. The quantitative estimate of drug-likeness (QED) is 0.640. The third kappa shape index (κ3) is 1.90. The molecule has 1 N–H and O–H groups in total. The minimum Gasteiger partial charge on any atom is -0.389 e. The minimum absolute atomic E-state index is 0.117. The van der Waals surface area contributed by atoms with Crippen molar-refractivity contribution < 1.29 is 9.84 Å². The molecular weight excluding hydrogens is 180 g/mol. The fourth-order valence-electron chi connectivity index (χ4n) is 2.29. The van der Waals surface area contributed by atoms with E-state index in [2.05, 4.69) is 11.0 Å². The van der Waals surface area contributed by atoms with Crippen LogP contribution in [-0.2, 0) is 4.74 Å². The maximum atomic E-state index is 9.65. The van der Waals surface area contributed by atoms with Gasteiger partial charge in [-0.15, -0.1) is 0 Å². The molecule has 78 valence electrons. The van der Waals surface area contributed by atoms with Crippen molar-refractivity contribution >= 4 is 0 Å². The number of piperidine rings is 1. The van der Waals surface area contributed by atoms with Gasteiger partial charge in [0.15, 0.2) is 0 Å². The molecule has 4 heteroatoms. The third-order valence-corrected chi connectivity index (χ3v) is 3.13. The van der Waals surface area contributed by atoms with Gasteiger partial charge in [0.25, 0.3) is 0 Å². The Balaban J connectivity index is 1.94. The van der Waals surface area contributed by atoms with E-state index < -0.39 is 0 Å². The Morgan fingerprint density at radius 3 is 2.93 bits per heavy atom. The topological polar surface area (TPSA) is 56.5 Å². The van der Waals surface area contributed by atoms with E-state index in [1.54, 1.807) is 0 Å². The fraction of sp³-hybridized carbons (Fsp3) is 0.900. The summed E-state index contributed by atoms with van der Waals surface area (Å²) in [6.07, 6.45) is 1.69. The number of likely N-dealkylation sites (tertiary alicyclic amines) is 1. The molecule has 0 aromatic rings. The largest absolute Gasteiger partial charge is 0.389 e. The second kappa shape index (κ2) is 4.26. The maximum absolute atomic E-state index is 9.65. The van der Waals surface area contributed by atoms with Gasteiger partial charge in [-0.1, -0.05) is 0 Å². The molecule has 3 unspecified atom stereocenters. The van der Waals surface area contributed by atoms with Crippen LogP contribution in [0.25, 0.3) is 0 Å². The van der Waals surface area contributed by atoms with Gasteiger partial charge >= 0.3 is 0 Å². The van der Waals surface area contributed by atoms with E-state index in [1.165, 1.54) is 0 Å². The lowest BCUT2D eigenvalue weighted by Gasteiger charge is -2.34. The van der Waals surface area contributed by atoms with Crippen LogP contribution in [0.1, 0.15) is 12.8 Å².